The molecule has 2 aromatic rings. The molecule has 0 N–H and O–H groups in total. The summed E-state index contributed by atoms with van der Waals surface area (Å²) in [5.74, 6) is -0.349. The van der Waals surface area contributed by atoms with Gasteiger partial charge in [0.05, 0.1) is 0 Å². The number of carbonyl (C=O) groups excluding carboxylic acids is 1. The highest BCUT2D eigenvalue weighted by Gasteiger charge is 2.10. The Bertz CT molecular complexity index is 519. The summed E-state index contributed by atoms with van der Waals surface area (Å²) in [5.41, 5.74) is 1.50. The minimum Gasteiger partial charge on any atom is -0.296 e. The Morgan fingerprint density at radius 1 is 1.44 bits per heavy atom. The van der Waals surface area contributed by atoms with Crippen molar-refractivity contribution in [1.29, 1.82) is 0 Å². The van der Waals surface area contributed by atoms with Crippen LogP contribution in [0.1, 0.15) is 23.1 Å². The molecule has 0 amide bonds. The molecule has 0 fully saturated rings. The molecule has 16 heavy (non-hydrogen) atoms. The molecule has 0 spiro atoms. The number of aryl methyl sites for hydroxylation is 1. The van der Waals surface area contributed by atoms with Crippen molar-refractivity contribution in [2.75, 3.05) is 0 Å². The zero-order valence-electron chi connectivity index (χ0n) is 8.85. The Balaban J connectivity index is 2.59. The van der Waals surface area contributed by atoms with E-state index in [-0.39, 0.29) is 5.82 Å². The normalized spacial score (nSPS) is 10.4. The van der Waals surface area contributed by atoms with Gasteiger partial charge in [0.25, 0.3) is 0 Å². The van der Waals surface area contributed by atoms with Crippen LogP contribution >= 0.6 is 0 Å². The lowest BCUT2D eigenvalue weighted by molar-refractivity contribution is 0.111. The van der Waals surface area contributed by atoms with Gasteiger partial charge in [0.2, 0.25) is 0 Å². The number of hydrogen-bond donors (Lipinski definition) is 0. The van der Waals surface area contributed by atoms with E-state index in [0.717, 1.165) is 5.69 Å². The highest BCUT2D eigenvalue weighted by atomic mass is 19.1. The Hall–Kier alpha value is -1.97. The van der Waals surface area contributed by atoms with E-state index in [1.165, 1.54) is 10.7 Å². The van der Waals surface area contributed by atoms with Crippen LogP contribution in [0.15, 0.2) is 30.3 Å². The maximum absolute atomic E-state index is 13.6. The van der Waals surface area contributed by atoms with Gasteiger partial charge in [0, 0.05) is 5.69 Å². The number of carbonyl (C=O) groups is 1. The molecule has 0 bridgehead atoms. The Kier molecular flexibility index (Phi) is 2.81. The van der Waals surface area contributed by atoms with Crippen LogP contribution in [0.25, 0.3) is 5.69 Å². The van der Waals surface area contributed by atoms with Crippen molar-refractivity contribution in [3.8, 4) is 5.69 Å². The topological polar surface area (TPSA) is 34.9 Å². The van der Waals surface area contributed by atoms with E-state index in [4.69, 9.17) is 0 Å². The maximum atomic E-state index is 13.6. The molecule has 0 radical (unpaired) electrons. The predicted octanol–water partition coefficient (Wildman–Crippen LogP) is 2.39. The number of para-hydroxylation sites is 1. The summed E-state index contributed by atoms with van der Waals surface area (Å²) in [4.78, 5) is 10.6. The van der Waals surface area contributed by atoms with E-state index in [2.05, 4.69) is 5.10 Å². The molecule has 2 rings (SSSR count). The van der Waals surface area contributed by atoms with Crippen LogP contribution in [0.2, 0.25) is 0 Å². The number of aldehydes is 1. The lowest BCUT2D eigenvalue weighted by Gasteiger charge is -2.06. The highest BCUT2D eigenvalue weighted by Crippen LogP contribution is 2.15. The first-order chi connectivity index (χ1) is 7.76. The zero-order chi connectivity index (χ0) is 11.5. The van der Waals surface area contributed by atoms with Crippen LogP contribution in [-0.4, -0.2) is 16.1 Å². The molecule has 0 saturated heterocycles. The van der Waals surface area contributed by atoms with Crippen molar-refractivity contribution < 1.29 is 9.18 Å². The summed E-state index contributed by atoms with van der Waals surface area (Å²) < 4.78 is 15.0. The summed E-state index contributed by atoms with van der Waals surface area (Å²) in [5, 5.41) is 4.04. The van der Waals surface area contributed by atoms with E-state index in [1.807, 2.05) is 6.92 Å². The van der Waals surface area contributed by atoms with Crippen molar-refractivity contribution in [2.24, 2.45) is 0 Å². The van der Waals surface area contributed by atoms with Gasteiger partial charge in [-0.05, 0) is 24.6 Å². The summed E-state index contributed by atoms with van der Waals surface area (Å²) >= 11 is 0. The van der Waals surface area contributed by atoms with Crippen LogP contribution in [-0.2, 0) is 6.42 Å². The third-order valence-corrected chi connectivity index (χ3v) is 2.37. The van der Waals surface area contributed by atoms with E-state index >= 15 is 0 Å². The summed E-state index contributed by atoms with van der Waals surface area (Å²) in [6.45, 7) is 1.93. The molecule has 1 aromatic heterocycles. The van der Waals surface area contributed by atoms with Gasteiger partial charge in [0.15, 0.2) is 6.29 Å². The molecule has 1 heterocycles. The van der Waals surface area contributed by atoms with E-state index in [1.54, 1.807) is 24.3 Å². The van der Waals surface area contributed by atoms with Gasteiger partial charge in [-0.2, -0.15) is 5.10 Å². The second-order valence-corrected chi connectivity index (χ2v) is 3.40. The molecular formula is C12H11FN2O. The second-order valence-electron chi connectivity index (χ2n) is 3.40. The third kappa shape index (κ3) is 1.74. The number of halogens is 1. The number of aromatic nitrogens is 2. The van der Waals surface area contributed by atoms with Crippen molar-refractivity contribution in [2.45, 2.75) is 13.3 Å². The van der Waals surface area contributed by atoms with Gasteiger partial charge < -0.3 is 0 Å². The molecule has 0 aliphatic carbocycles. The van der Waals surface area contributed by atoms with Crippen molar-refractivity contribution in [1.82, 2.24) is 9.78 Å². The lowest BCUT2D eigenvalue weighted by Crippen LogP contribution is -2.03. The number of hydrogen-bond acceptors (Lipinski definition) is 2. The van der Waals surface area contributed by atoms with Crippen LogP contribution in [0.5, 0.6) is 0 Å². The Morgan fingerprint density at radius 3 is 2.81 bits per heavy atom. The fourth-order valence-corrected chi connectivity index (χ4v) is 1.58. The van der Waals surface area contributed by atoms with Gasteiger partial charge in [-0.15, -0.1) is 0 Å². The quantitative estimate of drug-likeness (QED) is 0.741. The zero-order valence-corrected chi connectivity index (χ0v) is 8.85. The molecule has 0 unspecified atom stereocenters. The van der Waals surface area contributed by atoms with Crippen LogP contribution in [0.4, 0.5) is 4.39 Å². The average molecular weight is 218 g/mol. The van der Waals surface area contributed by atoms with Gasteiger partial charge in [0.1, 0.15) is 17.2 Å². The number of rotatable bonds is 3. The molecule has 1 aromatic carbocycles. The Morgan fingerprint density at radius 2 is 2.19 bits per heavy atom. The summed E-state index contributed by atoms with van der Waals surface area (Å²) in [6.07, 6.45) is 1.35. The Labute approximate surface area is 92.5 Å². The highest BCUT2D eigenvalue weighted by molar-refractivity contribution is 5.72. The molecule has 0 aliphatic rings. The largest absolute Gasteiger partial charge is 0.296 e. The molecular weight excluding hydrogens is 207 g/mol. The maximum Gasteiger partial charge on any atom is 0.170 e. The van der Waals surface area contributed by atoms with Gasteiger partial charge >= 0.3 is 0 Å². The van der Waals surface area contributed by atoms with E-state index in [9.17, 15) is 9.18 Å². The van der Waals surface area contributed by atoms with Gasteiger partial charge in [-0.25, -0.2) is 9.07 Å². The van der Waals surface area contributed by atoms with Crippen molar-refractivity contribution in [3.05, 3.63) is 47.5 Å². The molecule has 3 nitrogen and oxygen atoms in total. The van der Waals surface area contributed by atoms with E-state index in [0.29, 0.717) is 24.1 Å². The predicted molar refractivity (Wildman–Crippen MR) is 58.3 cm³/mol. The van der Waals surface area contributed by atoms with Crippen molar-refractivity contribution in [3.63, 3.8) is 0 Å². The first-order valence-electron chi connectivity index (χ1n) is 5.05. The third-order valence-electron chi connectivity index (χ3n) is 2.37. The lowest BCUT2D eigenvalue weighted by atomic mass is 10.2. The molecule has 0 aliphatic heterocycles. The average Bonchev–Trinajstić information content (AvgIpc) is 2.72. The number of nitrogens with zero attached hydrogens (tertiary/aromatic N) is 2. The smallest absolute Gasteiger partial charge is 0.170 e. The van der Waals surface area contributed by atoms with Crippen LogP contribution in [0.3, 0.4) is 0 Å². The molecule has 4 heteroatoms. The van der Waals surface area contributed by atoms with E-state index < -0.39 is 0 Å². The number of benzene rings is 1. The van der Waals surface area contributed by atoms with Gasteiger partial charge in [-0.3, -0.25) is 4.79 Å². The van der Waals surface area contributed by atoms with Crippen molar-refractivity contribution >= 4 is 6.29 Å². The molecule has 82 valence electrons. The fraction of sp³-hybridized carbons (Fsp3) is 0.167. The minimum absolute atomic E-state index is 0.320. The SMILES string of the molecule is CCc1cc(C=O)nn1-c1ccccc1F. The first kappa shape index (κ1) is 10.5. The van der Waals surface area contributed by atoms with Crippen LogP contribution < -0.4 is 0 Å². The fourth-order valence-electron chi connectivity index (χ4n) is 1.58. The monoisotopic (exact) mass is 218 g/mol. The molecule has 0 saturated carbocycles. The summed E-state index contributed by atoms with van der Waals surface area (Å²) in [6, 6.07) is 8.03. The van der Waals surface area contributed by atoms with Gasteiger partial charge in [-0.1, -0.05) is 19.1 Å². The first-order valence-corrected chi connectivity index (χ1v) is 5.05. The summed E-state index contributed by atoms with van der Waals surface area (Å²) in [7, 11) is 0. The molecule has 0 atom stereocenters. The second kappa shape index (κ2) is 4.26. The van der Waals surface area contributed by atoms with Crippen LogP contribution in [0, 0.1) is 5.82 Å². The minimum atomic E-state index is -0.349. The standard InChI is InChI=1S/C12H11FN2O/c1-2-10-7-9(8-16)14-15(10)12-6-4-3-5-11(12)13/h3-8H,2H2,1H3.